The number of nitrogens with one attached hydrogen (secondary N) is 1. The maximum atomic E-state index is 12.0. The van der Waals surface area contributed by atoms with Crippen LogP contribution in [0.15, 0.2) is 6.07 Å². The van der Waals surface area contributed by atoms with Crippen LogP contribution in [0.2, 0.25) is 8.67 Å². The van der Waals surface area contributed by atoms with Crippen LogP contribution in [-0.4, -0.2) is 17.3 Å². The fraction of sp³-hybridized carbons (Fsp3) is 0.545. The van der Waals surface area contributed by atoms with Crippen molar-refractivity contribution in [2.24, 2.45) is 5.92 Å². The summed E-state index contributed by atoms with van der Waals surface area (Å²) in [4.78, 5) is 12.0. The fourth-order valence-corrected chi connectivity index (χ4v) is 4.39. The maximum absolute atomic E-state index is 12.0. The number of hydrogen-bond acceptors (Lipinski definition) is 2. The van der Waals surface area contributed by atoms with Gasteiger partial charge >= 0.3 is 0 Å². The highest BCUT2D eigenvalue weighted by molar-refractivity contribution is 9.09. The lowest BCUT2D eigenvalue weighted by molar-refractivity contribution is 0.0931. The third kappa shape index (κ3) is 3.16. The van der Waals surface area contributed by atoms with Gasteiger partial charge in [0.25, 0.3) is 5.91 Å². The Morgan fingerprint density at radius 2 is 2.29 bits per heavy atom. The molecule has 1 saturated carbocycles. The zero-order valence-corrected chi connectivity index (χ0v) is 12.9. The van der Waals surface area contributed by atoms with E-state index < -0.39 is 0 Å². The number of carbonyl (C=O) groups is 1. The number of rotatable bonds is 3. The van der Waals surface area contributed by atoms with E-state index in [4.69, 9.17) is 23.2 Å². The molecular weight excluding hydrogens is 345 g/mol. The van der Waals surface area contributed by atoms with Crippen LogP contribution in [0.4, 0.5) is 0 Å². The lowest BCUT2D eigenvalue weighted by Crippen LogP contribution is -2.37. The Balaban J connectivity index is 2.04. The first-order valence-electron chi connectivity index (χ1n) is 5.43. The van der Waals surface area contributed by atoms with Crippen molar-refractivity contribution in [3.05, 3.63) is 20.3 Å². The molecule has 1 aromatic heterocycles. The summed E-state index contributed by atoms with van der Waals surface area (Å²) in [6, 6.07) is 1.87. The Bertz CT molecular complexity index is 424. The van der Waals surface area contributed by atoms with Crippen molar-refractivity contribution in [3.63, 3.8) is 0 Å². The number of thiophene rings is 1. The van der Waals surface area contributed by atoms with Crippen LogP contribution in [0, 0.1) is 5.92 Å². The van der Waals surface area contributed by atoms with Gasteiger partial charge in [0.2, 0.25) is 0 Å². The van der Waals surface area contributed by atoms with Crippen molar-refractivity contribution in [3.8, 4) is 0 Å². The second-order valence-corrected chi connectivity index (χ2v) is 7.10. The van der Waals surface area contributed by atoms with Gasteiger partial charge in [-0.3, -0.25) is 4.79 Å². The summed E-state index contributed by atoms with van der Waals surface area (Å²) in [5.74, 6) is 0.405. The number of halogens is 3. The largest absolute Gasteiger partial charge is 0.349 e. The lowest BCUT2D eigenvalue weighted by atomic mass is 10.1. The van der Waals surface area contributed by atoms with Crippen LogP contribution in [0.25, 0.3) is 0 Å². The molecule has 0 saturated heterocycles. The molecule has 0 radical (unpaired) electrons. The summed E-state index contributed by atoms with van der Waals surface area (Å²) in [7, 11) is 0. The molecule has 6 heteroatoms. The van der Waals surface area contributed by atoms with Gasteiger partial charge in [-0.2, -0.15) is 0 Å². The van der Waals surface area contributed by atoms with Gasteiger partial charge < -0.3 is 5.32 Å². The van der Waals surface area contributed by atoms with Crippen molar-refractivity contribution in [1.29, 1.82) is 0 Å². The quantitative estimate of drug-likeness (QED) is 0.801. The molecule has 2 nitrogen and oxygen atoms in total. The highest BCUT2D eigenvalue weighted by Crippen LogP contribution is 2.32. The third-order valence-corrected chi connectivity index (χ3v) is 5.39. The molecule has 1 aliphatic rings. The highest BCUT2D eigenvalue weighted by Gasteiger charge is 2.28. The van der Waals surface area contributed by atoms with E-state index >= 15 is 0 Å². The van der Waals surface area contributed by atoms with Gasteiger partial charge in [-0.1, -0.05) is 45.6 Å². The third-order valence-electron chi connectivity index (χ3n) is 3.08. The summed E-state index contributed by atoms with van der Waals surface area (Å²) >= 11 is 16.5. The van der Waals surface area contributed by atoms with Crippen LogP contribution < -0.4 is 5.32 Å². The van der Waals surface area contributed by atoms with Crippen molar-refractivity contribution in [2.75, 3.05) is 5.33 Å². The molecule has 2 unspecified atom stereocenters. The highest BCUT2D eigenvalue weighted by atomic mass is 79.9. The summed E-state index contributed by atoms with van der Waals surface area (Å²) in [6.45, 7) is 0. The molecule has 17 heavy (non-hydrogen) atoms. The normalized spacial score (nSPS) is 23.9. The predicted molar refractivity (Wildman–Crippen MR) is 76.7 cm³/mol. The molecule has 1 fully saturated rings. The Kier molecular flexibility index (Phi) is 4.75. The second-order valence-electron chi connectivity index (χ2n) is 4.16. The van der Waals surface area contributed by atoms with Gasteiger partial charge in [0, 0.05) is 11.4 Å². The topological polar surface area (TPSA) is 29.1 Å². The van der Waals surface area contributed by atoms with Crippen molar-refractivity contribution in [1.82, 2.24) is 5.32 Å². The van der Waals surface area contributed by atoms with Crippen LogP contribution in [0.1, 0.15) is 29.6 Å². The Hall–Kier alpha value is 0.230. The fourth-order valence-electron chi connectivity index (χ4n) is 2.15. The minimum Gasteiger partial charge on any atom is -0.349 e. The van der Waals surface area contributed by atoms with E-state index in [0.29, 0.717) is 20.2 Å². The molecular formula is C11H12BrCl2NOS. The van der Waals surface area contributed by atoms with E-state index in [0.717, 1.165) is 18.2 Å². The van der Waals surface area contributed by atoms with E-state index in [1.165, 1.54) is 17.8 Å². The average Bonchev–Trinajstić information content (AvgIpc) is 2.84. The summed E-state index contributed by atoms with van der Waals surface area (Å²) in [5.41, 5.74) is 0.488. The Labute approximate surface area is 123 Å². The van der Waals surface area contributed by atoms with E-state index in [1.54, 1.807) is 6.07 Å². The van der Waals surface area contributed by atoms with Gasteiger partial charge in [-0.05, 0) is 24.8 Å². The molecule has 0 spiro atoms. The van der Waals surface area contributed by atoms with Gasteiger partial charge in [-0.15, -0.1) is 11.3 Å². The lowest BCUT2D eigenvalue weighted by Gasteiger charge is -2.18. The molecule has 1 amide bonds. The number of carbonyl (C=O) groups excluding carboxylic acids is 1. The molecule has 0 aromatic carbocycles. The molecule has 2 atom stereocenters. The molecule has 1 aromatic rings. The molecule has 1 heterocycles. The van der Waals surface area contributed by atoms with E-state index in [9.17, 15) is 4.79 Å². The minimum absolute atomic E-state index is 0.115. The first kappa shape index (κ1) is 13.7. The van der Waals surface area contributed by atoms with Gasteiger partial charge in [0.05, 0.1) is 9.90 Å². The van der Waals surface area contributed by atoms with Crippen LogP contribution >= 0.6 is 50.5 Å². The summed E-state index contributed by atoms with van der Waals surface area (Å²) in [5, 5.41) is 3.97. The van der Waals surface area contributed by atoms with Gasteiger partial charge in [0.1, 0.15) is 4.34 Å². The smallest absolute Gasteiger partial charge is 0.253 e. The second kappa shape index (κ2) is 5.91. The SMILES string of the molecule is O=C(NC1CCCC1CBr)c1cc(Cl)sc1Cl. The molecule has 1 N–H and O–H groups in total. The summed E-state index contributed by atoms with van der Waals surface area (Å²) < 4.78 is 1.00. The van der Waals surface area contributed by atoms with Gasteiger partial charge in [0.15, 0.2) is 0 Å². The zero-order valence-electron chi connectivity index (χ0n) is 9.01. The first-order valence-corrected chi connectivity index (χ1v) is 8.13. The monoisotopic (exact) mass is 355 g/mol. The molecule has 0 aliphatic heterocycles. The number of amides is 1. The van der Waals surface area contributed by atoms with E-state index in [2.05, 4.69) is 21.2 Å². The molecule has 1 aliphatic carbocycles. The predicted octanol–water partition coefficient (Wildman–Crippen LogP) is 4.35. The van der Waals surface area contributed by atoms with E-state index in [1.807, 2.05) is 0 Å². The van der Waals surface area contributed by atoms with E-state index in [-0.39, 0.29) is 11.9 Å². The molecule has 2 rings (SSSR count). The van der Waals surface area contributed by atoms with Crippen LogP contribution in [0.3, 0.4) is 0 Å². The average molecular weight is 357 g/mol. The zero-order chi connectivity index (χ0) is 12.4. The van der Waals surface area contributed by atoms with Crippen LogP contribution in [0.5, 0.6) is 0 Å². The van der Waals surface area contributed by atoms with Crippen LogP contribution in [-0.2, 0) is 0 Å². The first-order chi connectivity index (χ1) is 8.11. The number of hydrogen-bond donors (Lipinski definition) is 1. The molecule has 0 bridgehead atoms. The maximum Gasteiger partial charge on any atom is 0.253 e. The number of alkyl halides is 1. The Morgan fingerprint density at radius 1 is 1.53 bits per heavy atom. The minimum atomic E-state index is -0.115. The molecule has 94 valence electrons. The van der Waals surface area contributed by atoms with Crippen molar-refractivity contribution in [2.45, 2.75) is 25.3 Å². The van der Waals surface area contributed by atoms with Crippen molar-refractivity contribution >= 4 is 56.4 Å². The standard InChI is InChI=1S/C11H12BrCl2NOS/c12-5-6-2-1-3-8(6)15-11(16)7-4-9(13)17-10(7)14/h4,6,8H,1-3,5H2,(H,15,16). The van der Waals surface area contributed by atoms with Crippen molar-refractivity contribution < 1.29 is 4.79 Å². The van der Waals surface area contributed by atoms with Gasteiger partial charge in [-0.25, -0.2) is 0 Å². The summed E-state index contributed by atoms with van der Waals surface area (Å²) in [6.07, 6.45) is 3.37. The Morgan fingerprint density at radius 3 is 2.88 bits per heavy atom.